The summed E-state index contributed by atoms with van der Waals surface area (Å²) in [6, 6.07) is 11.0. The highest BCUT2D eigenvalue weighted by atomic mass is 79.9. The lowest BCUT2D eigenvalue weighted by atomic mass is 10.0. The first-order valence-corrected chi connectivity index (χ1v) is 11.7. The topological polar surface area (TPSA) is 58.6 Å². The van der Waals surface area contributed by atoms with Gasteiger partial charge in [0, 0.05) is 12.6 Å². The number of nitrogens with one attached hydrogen (secondary N) is 1. The molecule has 0 bridgehead atoms. The van der Waals surface area contributed by atoms with Gasteiger partial charge in [-0.15, -0.1) is 0 Å². The van der Waals surface area contributed by atoms with Crippen molar-refractivity contribution >= 4 is 27.7 Å². The lowest BCUT2D eigenvalue weighted by Gasteiger charge is -2.29. The van der Waals surface area contributed by atoms with E-state index in [9.17, 15) is 14.0 Å². The van der Waals surface area contributed by atoms with Crippen LogP contribution in [0, 0.1) is 5.82 Å². The van der Waals surface area contributed by atoms with Crippen LogP contribution in [-0.2, 0) is 16.1 Å². The van der Waals surface area contributed by atoms with Crippen LogP contribution in [0.5, 0.6) is 5.75 Å². The third kappa shape index (κ3) is 7.33. The standard InChI is InChI=1S/C25H32BrFN2O3/c1-6-17(4)28-25(31)18(5)29(14-19-7-10-21(27)11-8-19)24(30)15-32-23-12-9-20(16(2)3)13-22(23)26/h7-13,16-18H,6,14-15H2,1-5H3,(H,28,31)/t17-,18+/m0/s1. The van der Waals surface area contributed by atoms with Crippen LogP contribution in [0.3, 0.4) is 0 Å². The number of hydrogen-bond donors (Lipinski definition) is 1. The van der Waals surface area contributed by atoms with Gasteiger partial charge in [0.1, 0.15) is 17.6 Å². The van der Waals surface area contributed by atoms with Crippen molar-refractivity contribution in [3.8, 4) is 5.75 Å². The zero-order valence-electron chi connectivity index (χ0n) is 19.3. The summed E-state index contributed by atoms with van der Waals surface area (Å²) in [5.74, 6) is 0.00436. The summed E-state index contributed by atoms with van der Waals surface area (Å²) in [5, 5.41) is 2.92. The van der Waals surface area contributed by atoms with E-state index in [0.29, 0.717) is 11.7 Å². The van der Waals surface area contributed by atoms with Crippen molar-refractivity contribution in [2.75, 3.05) is 6.61 Å². The van der Waals surface area contributed by atoms with Crippen molar-refractivity contribution < 1.29 is 18.7 Å². The van der Waals surface area contributed by atoms with Crippen molar-refractivity contribution in [2.45, 2.75) is 65.6 Å². The smallest absolute Gasteiger partial charge is 0.261 e. The first-order valence-electron chi connectivity index (χ1n) is 10.9. The SMILES string of the molecule is CC[C@H](C)NC(=O)[C@@H](C)N(Cc1ccc(F)cc1)C(=O)COc1ccc(C(C)C)cc1Br. The molecule has 0 fully saturated rings. The molecule has 0 aliphatic rings. The van der Waals surface area contributed by atoms with E-state index >= 15 is 0 Å². The van der Waals surface area contributed by atoms with Crippen molar-refractivity contribution in [2.24, 2.45) is 0 Å². The minimum Gasteiger partial charge on any atom is -0.483 e. The molecule has 0 aliphatic carbocycles. The highest BCUT2D eigenvalue weighted by molar-refractivity contribution is 9.10. The van der Waals surface area contributed by atoms with Gasteiger partial charge in [0.25, 0.3) is 5.91 Å². The maximum absolute atomic E-state index is 13.3. The molecule has 32 heavy (non-hydrogen) atoms. The van der Waals surface area contributed by atoms with Crippen molar-refractivity contribution in [3.05, 3.63) is 63.9 Å². The normalized spacial score (nSPS) is 12.9. The number of halogens is 2. The lowest BCUT2D eigenvalue weighted by Crippen LogP contribution is -2.50. The molecule has 2 amide bonds. The molecule has 174 valence electrons. The summed E-state index contributed by atoms with van der Waals surface area (Å²) in [6.07, 6.45) is 0.786. The zero-order chi connectivity index (χ0) is 23.8. The van der Waals surface area contributed by atoms with Crippen LogP contribution in [0.1, 0.15) is 58.1 Å². The predicted octanol–water partition coefficient (Wildman–Crippen LogP) is 5.42. The third-order valence-electron chi connectivity index (χ3n) is 5.41. The molecule has 0 aromatic heterocycles. The van der Waals surface area contributed by atoms with Crippen LogP contribution in [0.25, 0.3) is 0 Å². The monoisotopic (exact) mass is 506 g/mol. The average molecular weight is 507 g/mol. The average Bonchev–Trinajstić information content (AvgIpc) is 2.76. The molecule has 7 heteroatoms. The number of nitrogens with zero attached hydrogens (tertiary/aromatic N) is 1. The van der Waals surface area contributed by atoms with Crippen LogP contribution in [-0.4, -0.2) is 35.4 Å². The summed E-state index contributed by atoms with van der Waals surface area (Å²) >= 11 is 3.50. The molecule has 0 spiro atoms. The maximum Gasteiger partial charge on any atom is 0.261 e. The Morgan fingerprint density at radius 3 is 2.31 bits per heavy atom. The molecule has 0 radical (unpaired) electrons. The van der Waals surface area contributed by atoms with E-state index < -0.39 is 6.04 Å². The Balaban J connectivity index is 2.17. The van der Waals surface area contributed by atoms with E-state index in [-0.39, 0.29) is 36.8 Å². The first-order chi connectivity index (χ1) is 15.1. The number of carbonyl (C=O) groups excluding carboxylic acids is 2. The molecule has 2 atom stereocenters. The van der Waals surface area contributed by atoms with Crippen LogP contribution in [0.2, 0.25) is 0 Å². The van der Waals surface area contributed by atoms with E-state index in [0.717, 1.165) is 22.0 Å². The van der Waals surface area contributed by atoms with Gasteiger partial charge in [-0.05, 0) is 77.5 Å². The van der Waals surface area contributed by atoms with E-state index in [4.69, 9.17) is 4.74 Å². The molecule has 0 heterocycles. The minimum absolute atomic E-state index is 0.000555. The van der Waals surface area contributed by atoms with Gasteiger partial charge in [-0.2, -0.15) is 0 Å². The summed E-state index contributed by atoms with van der Waals surface area (Å²) in [6.45, 7) is 9.74. The Morgan fingerprint density at radius 2 is 1.75 bits per heavy atom. The van der Waals surface area contributed by atoms with Gasteiger partial charge in [0.15, 0.2) is 6.61 Å². The molecule has 0 aliphatic heterocycles. The van der Waals surface area contributed by atoms with Gasteiger partial charge in [0.2, 0.25) is 5.91 Å². The Kier molecular flexibility index (Phi) is 9.69. The molecule has 0 unspecified atom stereocenters. The van der Waals surface area contributed by atoms with Crippen LogP contribution < -0.4 is 10.1 Å². The number of hydrogen-bond acceptors (Lipinski definition) is 3. The molecule has 0 saturated carbocycles. The first kappa shape index (κ1) is 25.8. The van der Waals surface area contributed by atoms with Gasteiger partial charge in [-0.3, -0.25) is 9.59 Å². The number of ether oxygens (including phenoxy) is 1. The molecule has 2 aromatic rings. The second-order valence-corrected chi connectivity index (χ2v) is 9.13. The molecule has 2 rings (SSSR count). The quantitative estimate of drug-likeness (QED) is 0.467. The molecule has 1 N–H and O–H groups in total. The fourth-order valence-corrected chi connectivity index (χ4v) is 3.56. The predicted molar refractivity (Wildman–Crippen MR) is 128 cm³/mol. The highest BCUT2D eigenvalue weighted by Crippen LogP contribution is 2.29. The van der Waals surface area contributed by atoms with Gasteiger partial charge in [-0.1, -0.05) is 39.0 Å². The van der Waals surface area contributed by atoms with E-state index in [1.807, 2.05) is 32.0 Å². The fourth-order valence-electron chi connectivity index (χ4n) is 3.05. The van der Waals surface area contributed by atoms with Crippen molar-refractivity contribution in [3.63, 3.8) is 0 Å². The lowest BCUT2D eigenvalue weighted by molar-refractivity contribution is -0.142. The van der Waals surface area contributed by atoms with Gasteiger partial charge in [0.05, 0.1) is 4.47 Å². The molecule has 5 nitrogen and oxygen atoms in total. The van der Waals surface area contributed by atoms with Gasteiger partial charge in [-0.25, -0.2) is 4.39 Å². The molecule has 2 aromatic carbocycles. The number of amides is 2. The largest absolute Gasteiger partial charge is 0.483 e. The Hall–Kier alpha value is -2.41. The van der Waals surface area contributed by atoms with Crippen LogP contribution in [0.15, 0.2) is 46.9 Å². The molecule has 0 saturated heterocycles. The Labute approximate surface area is 198 Å². The minimum atomic E-state index is -0.711. The summed E-state index contributed by atoms with van der Waals surface area (Å²) in [4.78, 5) is 27.3. The highest BCUT2D eigenvalue weighted by Gasteiger charge is 2.27. The number of benzene rings is 2. The van der Waals surface area contributed by atoms with E-state index in [2.05, 4.69) is 35.1 Å². The second kappa shape index (κ2) is 12.0. The number of carbonyl (C=O) groups is 2. The number of rotatable bonds is 10. The van der Waals surface area contributed by atoms with Gasteiger partial charge < -0.3 is 15.0 Å². The summed E-state index contributed by atoms with van der Waals surface area (Å²) < 4.78 is 19.8. The second-order valence-electron chi connectivity index (χ2n) is 8.28. The van der Waals surface area contributed by atoms with Gasteiger partial charge >= 0.3 is 0 Å². The Bertz CT molecular complexity index is 918. The van der Waals surface area contributed by atoms with Crippen molar-refractivity contribution in [1.82, 2.24) is 10.2 Å². The van der Waals surface area contributed by atoms with Crippen molar-refractivity contribution in [1.29, 1.82) is 0 Å². The fraction of sp³-hybridized carbons (Fsp3) is 0.440. The van der Waals surface area contributed by atoms with Crippen LogP contribution in [0.4, 0.5) is 4.39 Å². The van der Waals surface area contributed by atoms with E-state index in [1.54, 1.807) is 19.1 Å². The maximum atomic E-state index is 13.3. The molecular weight excluding hydrogens is 475 g/mol. The van der Waals surface area contributed by atoms with Crippen LogP contribution >= 0.6 is 15.9 Å². The Morgan fingerprint density at radius 1 is 1.09 bits per heavy atom. The summed E-state index contributed by atoms with van der Waals surface area (Å²) in [7, 11) is 0. The zero-order valence-corrected chi connectivity index (χ0v) is 20.9. The summed E-state index contributed by atoms with van der Waals surface area (Å²) in [5.41, 5.74) is 1.88. The third-order valence-corrected chi connectivity index (χ3v) is 6.03. The van der Waals surface area contributed by atoms with E-state index in [1.165, 1.54) is 17.0 Å². The molecular formula is C25H32BrFN2O3.